The zero-order chi connectivity index (χ0) is 24.9. The monoisotopic (exact) mass is 495 g/mol. The zero-order valence-corrected chi connectivity index (χ0v) is 19.7. The average molecular weight is 496 g/mol. The maximum absolute atomic E-state index is 14.0. The van der Waals surface area contributed by atoms with Gasteiger partial charge in [-0.05, 0) is 55.2 Å². The SMILES string of the molecule is CC(C)COC(=O)Nc1cccc(NC(=O)C2CCN(S(=O)(=O)c3cc(F)ccc3F)CC2)c1. The highest BCUT2D eigenvalue weighted by Gasteiger charge is 2.33. The molecular formula is C23H27F2N3O5S. The van der Waals surface area contributed by atoms with Gasteiger partial charge in [0.25, 0.3) is 0 Å². The second-order valence-electron chi connectivity index (χ2n) is 8.44. The maximum Gasteiger partial charge on any atom is 0.411 e. The molecule has 8 nitrogen and oxygen atoms in total. The van der Waals surface area contributed by atoms with Gasteiger partial charge in [0.1, 0.15) is 16.5 Å². The van der Waals surface area contributed by atoms with Crippen LogP contribution in [0.5, 0.6) is 0 Å². The number of piperidine rings is 1. The minimum atomic E-state index is -4.22. The third-order valence-electron chi connectivity index (χ3n) is 5.26. The van der Waals surface area contributed by atoms with Gasteiger partial charge in [0, 0.05) is 30.4 Å². The lowest BCUT2D eigenvalue weighted by molar-refractivity contribution is -0.120. The van der Waals surface area contributed by atoms with Crippen LogP contribution in [0.25, 0.3) is 0 Å². The molecule has 2 aromatic carbocycles. The number of carbonyl (C=O) groups excluding carboxylic acids is 2. The first-order chi connectivity index (χ1) is 16.1. The van der Waals surface area contributed by atoms with E-state index in [4.69, 9.17) is 4.74 Å². The minimum Gasteiger partial charge on any atom is -0.449 e. The Balaban J connectivity index is 1.57. The lowest BCUT2D eigenvalue weighted by Crippen LogP contribution is -2.41. The van der Waals surface area contributed by atoms with Crippen LogP contribution < -0.4 is 10.6 Å². The number of halogens is 2. The number of carbonyl (C=O) groups is 2. The summed E-state index contributed by atoms with van der Waals surface area (Å²) in [7, 11) is -4.22. The summed E-state index contributed by atoms with van der Waals surface area (Å²) in [5.41, 5.74) is 0.910. The van der Waals surface area contributed by atoms with Crippen LogP contribution in [0.3, 0.4) is 0 Å². The number of nitrogens with one attached hydrogen (secondary N) is 2. The van der Waals surface area contributed by atoms with E-state index in [-0.39, 0.29) is 44.4 Å². The highest BCUT2D eigenvalue weighted by atomic mass is 32.2. The second kappa shape index (κ2) is 10.9. The van der Waals surface area contributed by atoms with Crippen molar-refractivity contribution >= 4 is 33.4 Å². The van der Waals surface area contributed by atoms with E-state index in [0.717, 1.165) is 16.4 Å². The van der Waals surface area contributed by atoms with Crippen molar-refractivity contribution in [3.05, 3.63) is 54.1 Å². The number of benzene rings is 2. The van der Waals surface area contributed by atoms with Crippen LogP contribution >= 0.6 is 0 Å². The first kappa shape index (κ1) is 25.6. The lowest BCUT2D eigenvalue weighted by atomic mass is 9.97. The fourth-order valence-electron chi connectivity index (χ4n) is 3.49. The molecule has 1 fully saturated rings. The summed E-state index contributed by atoms with van der Waals surface area (Å²) in [6, 6.07) is 8.84. The highest BCUT2D eigenvalue weighted by Crippen LogP contribution is 2.27. The van der Waals surface area contributed by atoms with E-state index in [1.54, 1.807) is 24.3 Å². The van der Waals surface area contributed by atoms with E-state index in [1.165, 1.54) is 0 Å². The van der Waals surface area contributed by atoms with Gasteiger partial charge in [-0.3, -0.25) is 10.1 Å². The molecule has 3 rings (SSSR count). The number of rotatable bonds is 7. The Morgan fingerprint density at radius 2 is 1.71 bits per heavy atom. The van der Waals surface area contributed by atoms with E-state index in [0.29, 0.717) is 17.4 Å². The van der Waals surface area contributed by atoms with Crippen molar-refractivity contribution in [3.8, 4) is 0 Å². The summed E-state index contributed by atoms with van der Waals surface area (Å²) in [5.74, 6) is -2.43. The van der Waals surface area contributed by atoms with Crippen LogP contribution in [0.2, 0.25) is 0 Å². The van der Waals surface area contributed by atoms with E-state index in [2.05, 4.69) is 10.6 Å². The Labute approximate surface area is 197 Å². The molecule has 1 aliphatic rings. The molecule has 0 radical (unpaired) electrons. The van der Waals surface area contributed by atoms with Gasteiger partial charge in [-0.1, -0.05) is 19.9 Å². The molecule has 11 heteroatoms. The number of hydrogen-bond acceptors (Lipinski definition) is 5. The molecule has 0 aromatic heterocycles. The molecule has 0 unspecified atom stereocenters. The van der Waals surface area contributed by atoms with Gasteiger partial charge in [0.2, 0.25) is 15.9 Å². The first-order valence-corrected chi connectivity index (χ1v) is 12.3. The molecule has 2 amide bonds. The number of nitrogens with zero attached hydrogens (tertiary/aromatic N) is 1. The largest absolute Gasteiger partial charge is 0.449 e. The number of amides is 2. The van der Waals surface area contributed by atoms with Gasteiger partial charge in [-0.15, -0.1) is 0 Å². The Kier molecular flexibility index (Phi) is 8.21. The quantitative estimate of drug-likeness (QED) is 0.599. The number of sulfonamides is 1. The van der Waals surface area contributed by atoms with E-state index in [1.807, 2.05) is 13.8 Å². The number of ether oxygens (including phenoxy) is 1. The van der Waals surface area contributed by atoms with Gasteiger partial charge in [-0.25, -0.2) is 22.0 Å². The van der Waals surface area contributed by atoms with Gasteiger partial charge in [0.05, 0.1) is 6.61 Å². The first-order valence-electron chi connectivity index (χ1n) is 10.9. The molecule has 0 atom stereocenters. The van der Waals surface area contributed by atoms with E-state index >= 15 is 0 Å². The van der Waals surface area contributed by atoms with Crippen molar-refractivity contribution in [3.63, 3.8) is 0 Å². The molecule has 34 heavy (non-hydrogen) atoms. The minimum absolute atomic E-state index is 0.000337. The summed E-state index contributed by atoms with van der Waals surface area (Å²) < 4.78 is 59.0. The van der Waals surface area contributed by atoms with Gasteiger partial charge in [0.15, 0.2) is 0 Å². The molecule has 184 valence electrons. The summed E-state index contributed by atoms with van der Waals surface area (Å²) in [6.45, 7) is 4.12. The zero-order valence-electron chi connectivity index (χ0n) is 18.9. The molecular weight excluding hydrogens is 468 g/mol. The Bertz CT molecular complexity index is 1150. The second-order valence-corrected chi connectivity index (χ2v) is 10.3. The van der Waals surface area contributed by atoms with Crippen LogP contribution in [0.1, 0.15) is 26.7 Å². The molecule has 1 heterocycles. The molecule has 0 spiro atoms. The summed E-state index contributed by atoms with van der Waals surface area (Å²) >= 11 is 0. The average Bonchev–Trinajstić information content (AvgIpc) is 2.79. The lowest BCUT2D eigenvalue weighted by Gasteiger charge is -2.30. The highest BCUT2D eigenvalue weighted by molar-refractivity contribution is 7.89. The standard InChI is InChI=1S/C23H27F2N3O5S/c1-15(2)14-33-23(30)27-19-5-3-4-18(13-19)26-22(29)16-8-10-28(11-9-16)34(31,32)21-12-17(24)6-7-20(21)25/h3-7,12-13,15-16H,8-11,14H2,1-2H3,(H,26,29)(H,27,30). The summed E-state index contributed by atoms with van der Waals surface area (Å²) in [6.07, 6.45) is -0.149. The number of anilines is 2. The fraction of sp³-hybridized carbons (Fsp3) is 0.391. The van der Waals surface area contributed by atoms with Gasteiger partial charge >= 0.3 is 6.09 Å². The topological polar surface area (TPSA) is 105 Å². The smallest absolute Gasteiger partial charge is 0.411 e. The van der Waals surface area contributed by atoms with Crippen molar-refractivity contribution in [1.29, 1.82) is 0 Å². The van der Waals surface area contributed by atoms with Crippen LogP contribution in [-0.2, 0) is 19.6 Å². The molecule has 2 N–H and O–H groups in total. The molecule has 1 aliphatic heterocycles. The third-order valence-corrected chi connectivity index (χ3v) is 7.17. The molecule has 0 bridgehead atoms. The fourth-order valence-corrected chi connectivity index (χ4v) is 5.03. The molecule has 2 aromatic rings. The molecule has 0 saturated carbocycles. The van der Waals surface area contributed by atoms with Crippen molar-refractivity contribution in [2.75, 3.05) is 30.3 Å². The van der Waals surface area contributed by atoms with Crippen LogP contribution in [0, 0.1) is 23.5 Å². The van der Waals surface area contributed by atoms with Crippen molar-refractivity contribution in [2.24, 2.45) is 11.8 Å². The Morgan fingerprint density at radius 3 is 2.35 bits per heavy atom. The summed E-state index contributed by atoms with van der Waals surface area (Å²) in [5, 5.41) is 5.36. The van der Waals surface area contributed by atoms with Crippen molar-refractivity contribution in [2.45, 2.75) is 31.6 Å². The van der Waals surface area contributed by atoms with Crippen molar-refractivity contribution in [1.82, 2.24) is 4.31 Å². The van der Waals surface area contributed by atoms with Gasteiger partial charge < -0.3 is 10.1 Å². The predicted molar refractivity (Wildman–Crippen MR) is 123 cm³/mol. The normalized spacial score (nSPS) is 15.2. The van der Waals surface area contributed by atoms with Crippen LogP contribution in [0.15, 0.2) is 47.4 Å². The van der Waals surface area contributed by atoms with Crippen LogP contribution in [-0.4, -0.2) is 44.4 Å². The van der Waals surface area contributed by atoms with Crippen LogP contribution in [0.4, 0.5) is 25.0 Å². The summed E-state index contributed by atoms with van der Waals surface area (Å²) in [4.78, 5) is 23.8. The van der Waals surface area contributed by atoms with Gasteiger partial charge in [-0.2, -0.15) is 4.31 Å². The van der Waals surface area contributed by atoms with E-state index in [9.17, 15) is 26.8 Å². The Morgan fingerprint density at radius 1 is 1.06 bits per heavy atom. The molecule has 1 saturated heterocycles. The predicted octanol–water partition coefficient (Wildman–Crippen LogP) is 4.21. The molecule has 0 aliphatic carbocycles. The Hall–Kier alpha value is -3.05. The number of hydrogen-bond donors (Lipinski definition) is 2. The third kappa shape index (κ3) is 6.51. The van der Waals surface area contributed by atoms with E-state index < -0.39 is 38.6 Å². The maximum atomic E-state index is 14.0. The van der Waals surface area contributed by atoms with Crippen molar-refractivity contribution < 1.29 is 31.5 Å².